The summed E-state index contributed by atoms with van der Waals surface area (Å²) in [6.45, 7) is 1.14. The highest BCUT2D eigenvalue weighted by molar-refractivity contribution is 7.92. The Balaban J connectivity index is 1.47. The van der Waals surface area contributed by atoms with Gasteiger partial charge >= 0.3 is 0 Å². The predicted octanol–water partition coefficient (Wildman–Crippen LogP) is 2.42. The zero-order valence-corrected chi connectivity index (χ0v) is 19.9. The molecular weight excluding hydrogens is 466 g/mol. The smallest absolute Gasteiger partial charge is 0.265 e. The number of sulfonamides is 2. The predicted molar refractivity (Wildman–Crippen MR) is 125 cm³/mol. The molecule has 0 aliphatic carbocycles. The van der Waals surface area contributed by atoms with Crippen molar-refractivity contribution in [2.24, 2.45) is 0 Å². The lowest BCUT2D eigenvalue weighted by molar-refractivity contribution is -0.122. The third kappa shape index (κ3) is 5.15. The molecule has 33 heavy (non-hydrogen) atoms. The molecule has 0 radical (unpaired) electrons. The molecule has 2 heterocycles. The van der Waals surface area contributed by atoms with Gasteiger partial charge in [0.15, 0.2) is 6.10 Å². The van der Waals surface area contributed by atoms with Gasteiger partial charge in [0.05, 0.1) is 16.8 Å². The quantitative estimate of drug-likeness (QED) is 0.685. The fourth-order valence-electron chi connectivity index (χ4n) is 4.05. The van der Waals surface area contributed by atoms with Gasteiger partial charge in [-0.3, -0.25) is 9.10 Å². The number of ether oxygens (including phenoxy) is 1. The number of nitrogens with zero attached hydrogens (tertiary/aromatic N) is 2. The normalized spacial score (nSPS) is 19.8. The summed E-state index contributed by atoms with van der Waals surface area (Å²) in [5.74, 6) is -0.129. The Hall–Kier alpha value is -2.63. The molecule has 1 N–H and O–H groups in total. The molecular formula is C22H27N3O6S2. The number of hydrogen-bond donors (Lipinski definition) is 1. The van der Waals surface area contributed by atoms with Gasteiger partial charge in [-0.2, -0.15) is 4.31 Å². The average molecular weight is 494 g/mol. The third-order valence-corrected chi connectivity index (χ3v) is 8.86. The van der Waals surface area contributed by atoms with E-state index in [1.807, 2.05) is 0 Å². The lowest BCUT2D eigenvalue weighted by Gasteiger charge is -2.25. The molecule has 1 saturated heterocycles. The highest BCUT2D eigenvalue weighted by atomic mass is 32.2. The van der Waals surface area contributed by atoms with E-state index in [-0.39, 0.29) is 17.9 Å². The van der Waals surface area contributed by atoms with E-state index >= 15 is 0 Å². The standard InChI is InChI=1S/C22H27N3O6S2/c1-32(27,28)25-16-13-21(31-20-8-4-3-7-19(20)25)22(26)23-17-9-11-18(12-10-17)33(29,30)24-14-5-2-6-15-24/h3-4,7-12,21H,2,5-6,13-16H2,1H3,(H,23,26). The van der Waals surface area contributed by atoms with Crippen LogP contribution in [0.25, 0.3) is 0 Å². The van der Waals surface area contributed by atoms with Crippen molar-refractivity contribution in [3.63, 3.8) is 0 Å². The van der Waals surface area contributed by atoms with E-state index in [1.165, 1.54) is 20.7 Å². The highest BCUT2D eigenvalue weighted by Gasteiger charge is 2.31. The third-order valence-electron chi connectivity index (χ3n) is 5.76. The summed E-state index contributed by atoms with van der Waals surface area (Å²) >= 11 is 0. The second-order valence-electron chi connectivity index (χ2n) is 8.18. The Labute approximate surface area is 194 Å². The molecule has 1 atom stereocenters. The van der Waals surface area contributed by atoms with Gasteiger partial charge in [0.1, 0.15) is 5.75 Å². The van der Waals surface area contributed by atoms with Crippen molar-refractivity contribution in [3.8, 4) is 5.75 Å². The van der Waals surface area contributed by atoms with Crippen molar-refractivity contribution in [3.05, 3.63) is 48.5 Å². The number of rotatable bonds is 5. The van der Waals surface area contributed by atoms with Gasteiger partial charge in [-0.25, -0.2) is 16.8 Å². The molecule has 1 unspecified atom stereocenters. The van der Waals surface area contributed by atoms with Crippen LogP contribution in [-0.2, 0) is 24.8 Å². The average Bonchev–Trinajstić information content (AvgIpc) is 3.00. The lowest BCUT2D eigenvalue weighted by atomic mass is 10.2. The molecule has 178 valence electrons. The van der Waals surface area contributed by atoms with E-state index in [1.54, 1.807) is 36.4 Å². The van der Waals surface area contributed by atoms with E-state index in [0.717, 1.165) is 25.5 Å². The maximum atomic E-state index is 12.9. The first-order valence-corrected chi connectivity index (χ1v) is 14.1. The Morgan fingerprint density at radius 2 is 1.61 bits per heavy atom. The Morgan fingerprint density at radius 1 is 0.939 bits per heavy atom. The summed E-state index contributed by atoms with van der Waals surface area (Å²) < 4.78 is 58.6. The van der Waals surface area contributed by atoms with E-state index in [2.05, 4.69) is 5.32 Å². The first kappa shape index (κ1) is 23.5. The molecule has 0 bridgehead atoms. The molecule has 1 fully saturated rings. The van der Waals surface area contributed by atoms with Crippen molar-refractivity contribution in [2.45, 2.75) is 36.7 Å². The summed E-state index contributed by atoms with van der Waals surface area (Å²) in [4.78, 5) is 13.1. The largest absolute Gasteiger partial charge is 0.478 e. The number of hydrogen-bond acceptors (Lipinski definition) is 6. The Morgan fingerprint density at radius 3 is 2.27 bits per heavy atom. The van der Waals surface area contributed by atoms with Gasteiger partial charge in [0.2, 0.25) is 20.0 Å². The molecule has 0 aromatic heterocycles. The summed E-state index contributed by atoms with van der Waals surface area (Å²) in [7, 11) is -7.09. The van der Waals surface area contributed by atoms with Crippen molar-refractivity contribution in [1.82, 2.24) is 4.31 Å². The second-order valence-corrected chi connectivity index (χ2v) is 12.0. The van der Waals surface area contributed by atoms with Crippen molar-refractivity contribution >= 4 is 37.3 Å². The van der Waals surface area contributed by atoms with E-state index in [4.69, 9.17) is 4.74 Å². The first-order valence-electron chi connectivity index (χ1n) is 10.8. The number of carbonyl (C=O) groups excluding carboxylic acids is 1. The SMILES string of the molecule is CS(=O)(=O)N1CCC(C(=O)Nc2ccc(S(=O)(=O)N3CCCCC3)cc2)Oc2ccccc21. The van der Waals surface area contributed by atoms with Crippen molar-refractivity contribution in [1.29, 1.82) is 0 Å². The molecule has 1 amide bonds. The summed E-state index contributed by atoms with van der Waals surface area (Å²) in [6.07, 6.45) is 3.11. The van der Waals surface area contributed by atoms with Crippen molar-refractivity contribution in [2.75, 3.05) is 35.5 Å². The van der Waals surface area contributed by atoms with Crippen LogP contribution in [0.3, 0.4) is 0 Å². The number of benzene rings is 2. The number of anilines is 2. The first-order chi connectivity index (χ1) is 15.7. The minimum Gasteiger partial charge on any atom is -0.478 e. The van der Waals surface area contributed by atoms with Crippen LogP contribution in [0.5, 0.6) is 5.75 Å². The summed E-state index contributed by atoms with van der Waals surface area (Å²) in [5.41, 5.74) is 0.821. The molecule has 9 nitrogen and oxygen atoms in total. The van der Waals surface area contributed by atoms with Gasteiger partial charge in [0.25, 0.3) is 5.91 Å². The minimum atomic E-state index is -3.55. The molecule has 0 spiro atoms. The van der Waals surface area contributed by atoms with Crippen LogP contribution in [0.1, 0.15) is 25.7 Å². The minimum absolute atomic E-state index is 0.0982. The molecule has 2 aliphatic heterocycles. The number of piperidine rings is 1. The van der Waals surface area contributed by atoms with Crippen LogP contribution in [-0.4, -0.2) is 59.0 Å². The monoisotopic (exact) mass is 493 g/mol. The van der Waals surface area contributed by atoms with Gasteiger partial charge in [0, 0.05) is 31.7 Å². The van der Waals surface area contributed by atoms with E-state index in [9.17, 15) is 21.6 Å². The molecule has 0 saturated carbocycles. The maximum absolute atomic E-state index is 12.9. The zero-order chi connectivity index (χ0) is 23.6. The van der Waals surface area contributed by atoms with Crippen LogP contribution in [0.15, 0.2) is 53.4 Å². The molecule has 2 aromatic rings. The van der Waals surface area contributed by atoms with Crippen LogP contribution >= 0.6 is 0 Å². The molecule has 11 heteroatoms. The number of nitrogens with one attached hydrogen (secondary N) is 1. The Kier molecular flexibility index (Phi) is 6.64. The maximum Gasteiger partial charge on any atom is 0.265 e. The van der Waals surface area contributed by atoms with Gasteiger partial charge in [-0.15, -0.1) is 0 Å². The van der Waals surface area contributed by atoms with Gasteiger partial charge in [-0.05, 0) is 49.2 Å². The van der Waals surface area contributed by atoms with Crippen LogP contribution in [0.4, 0.5) is 11.4 Å². The molecule has 2 aliphatic rings. The number of para-hydroxylation sites is 2. The van der Waals surface area contributed by atoms with Crippen LogP contribution < -0.4 is 14.4 Å². The van der Waals surface area contributed by atoms with Crippen LogP contribution in [0, 0.1) is 0 Å². The topological polar surface area (TPSA) is 113 Å². The van der Waals surface area contributed by atoms with Gasteiger partial charge in [-0.1, -0.05) is 18.6 Å². The number of amides is 1. The fourth-order valence-corrected chi connectivity index (χ4v) is 6.51. The Bertz CT molecular complexity index is 1220. The molecule has 4 rings (SSSR count). The van der Waals surface area contributed by atoms with Crippen LogP contribution in [0.2, 0.25) is 0 Å². The highest BCUT2D eigenvalue weighted by Crippen LogP contribution is 2.34. The van der Waals surface area contributed by atoms with E-state index < -0.39 is 32.1 Å². The van der Waals surface area contributed by atoms with Crippen molar-refractivity contribution < 1.29 is 26.4 Å². The van der Waals surface area contributed by atoms with Gasteiger partial charge < -0.3 is 10.1 Å². The lowest BCUT2D eigenvalue weighted by Crippen LogP contribution is -2.36. The summed E-state index contributed by atoms with van der Waals surface area (Å²) in [5, 5.41) is 2.74. The fraction of sp³-hybridized carbons (Fsp3) is 0.409. The van der Waals surface area contributed by atoms with E-state index in [0.29, 0.717) is 30.2 Å². The number of fused-ring (bicyclic) bond motifs is 1. The summed E-state index contributed by atoms with van der Waals surface area (Å²) in [6, 6.07) is 12.7. The zero-order valence-electron chi connectivity index (χ0n) is 18.3. The molecule has 2 aromatic carbocycles. The number of carbonyl (C=O) groups is 1. The second kappa shape index (κ2) is 9.32.